The largest absolute Gasteiger partial charge is 0.298 e. The monoisotopic (exact) mass is 490 g/mol. The van der Waals surface area contributed by atoms with Crippen LogP contribution in [0.5, 0.6) is 0 Å². The normalized spacial score (nSPS) is 35.2. The molecule has 0 aliphatic heterocycles. The summed E-state index contributed by atoms with van der Waals surface area (Å²) in [4.78, 5) is 29.5. The molecule has 2 bridgehead atoms. The predicted molar refractivity (Wildman–Crippen MR) is 150 cm³/mol. The Hall–Kier alpha value is -3.00. The summed E-state index contributed by atoms with van der Waals surface area (Å²) in [5, 5.41) is 0. The van der Waals surface area contributed by atoms with Gasteiger partial charge in [0, 0.05) is 22.7 Å². The highest BCUT2D eigenvalue weighted by molar-refractivity contribution is 6.18. The minimum atomic E-state index is -0.704. The van der Waals surface area contributed by atoms with Crippen LogP contribution in [0.4, 0.5) is 0 Å². The lowest BCUT2D eigenvalue weighted by atomic mass is 9.36. The van der Waals surface area contributed by atoms with Gasteiger partial charge >= 0.3 is 0 Å². The Bertz CT molecular complexity index is 1450. The fourth-order valence-electron chi connectivity index (χ4n) is 9.33. The van der Waals surface area contributed by atoms with E-state index in [1.54, 1.807) is 0 Å². The number of hydrogen-bond donors (Lipinski definition) is 0. The molecular formula is C35H38O2. The van der Waals surface area contributed by atoms with Gasteiger partial charge in [-0.1, -0.05) is 52.6 Å². The van der Waals surface area contributed by atoms with Crippen molar-refractivity contribution in [3.8, 4) is 0 Å². The number of ketones is 2. The molecule has 4 atom stereocenters. The Kier molecular flexibility index (Phi) is 4.81. The van der Waals surface area contributed by atoms with E-state index in [1.165, 1.54) is 66.9 Å². The maximum atomic E-state index is 14.8. The SMILES string of the molecule is CC1=C(C)C2=C3C(C)=C(C)C(C)=C(C)C34C(C)=C(C)C2(C(C)=C1C)C1C(=O)C(c2ccccc2)C(=O)C14. The van der Waals surface area contributed by atoms with Gasteiger partial charge in [0.2, 0.25) is 0 Å². The third kappa shape index (κ3) is 2.32. The molecule has 0 saturated heterocycles. The third-order valence-corrected chi connectivity index (χ3v) is 11.7. The van der Waals surface area contributed by atoms with Gasteiger partial charge in [0.05, 0.1) is 0 Å². The van der Waals surface area contributed by atoms with Crippen LogP contribution in [0.2, 0.25) is 0 Å². The lowest BCUT2D eigenvalue weighted by Crippen LogP contribution is -2.60. The topological polar surface area (TPSA) is 34.1 Å². The number of rotatable bonds is 1. The number of hydrogen-bond acceptors (Lipinski definition) is 2. The van der Waals surface area contributed by atoms with Crippen LogP contribution < -0.4 is 0 Å². The summed E-state index contributed by atoms with van der Waals surface area (Å²) in [5.74, 6) is -1.26. The van der Waals surface area contributed by atoms with Crippen LogP contribution in [0.25, 0.3) is 0 Å². The zero-order valence-corrected chi connectivity index (χ0v) is 23.9. The van der Waals surface area contributed by atoms with Crippen LogP contribution in [0.3, 0.4) is 0 Å². The molecule has 0 aromatic heterocycles. The van der Waals surface area contributed by atoms with E-state index in [1.807, 2.05) is 30.3 Å². The van der Waals surface area contributed by atoms with Crippen molar-refractivity contribution in [2.24, 2.45) is 22.7 Å². The van der Waals surface area contributed by atoms with Gasteiger partial charge in [-0.05, 0) is 119 Å². The molecule has 2 nitrogen and oxygen atoms in total. The second-order valence-corrected chi connectivity index (χ2v) is 12.2. The van der Waals surface area contributed by atoms with Gasteiger partial charge in [-0.2, -0.15) is 0 Å². The smallest absolute Gasteiger partial charge is 0.153 e. The van der Waals surface area contributed by atoms with Gasteiger partial charge in [-0.3, -0.25) is 9.59 Å². The molecule has 6 aliphatic rings. The van der Waals surface area contributed by atoms with Crippen molar-refractivity contribution in [3.05, 3.63) is 103 Å². The first-order chi connectivity index (χ1) is 17.4. The quantitative estimate of drug-likeness (QED) is 0.294. The van der Waals surface area contributed by atoms with Gasteiger partial charge in [-0.15, -0.1) is 0 Å². The average molecular weight is 491 g/mol. The Labute approximate surface area is 221 Å². The maximum absolute atomic E-state index is 14.8. The summed E-state index contributed by atoms with van der Waals surface area (Å²) in [6.45, 7) is 22.3. The van der Waals surface area contributed by atoms with E-state index >= 15 is 0 Å². The summed E-state index contributed by atoms with van der Waals surface area (Å²) >= 11 is 0. The molecule has 1 fully saturated rings. The number of carbonyl (C=O) groups is 2. The molecule has 0 N–H and O–H groups in total. The second kappa shape index (κ2) is 7.31. The zero-order chi connectivity index (χ0) is 26.9. The fraction of sp³-hybridized carbons (Fsp3) is 0.429. The van der Waals surface area contributed by atoms with Crippen molar-refractivity contribution in [2.75, 3.05) is 0 Å². The first-order valence-electron chi connectivity index (χ1n) is 13.7. The fourth-order valence-corrected chi connectivity index (χ4v) is 9.33. The van der Waals surface area contributed by atoms with Crippen molar-refractivity contribution >= 4 is 11.6 Å². The standard InChI is InChI=1S/C35H38O2/c1-16-18(3)22(7)34-24(9)25(10)35(23(8)19(4)17(2)21(6)29(35)28(34)20(16)5)31-30(34)32(36)27(33(31)37)26-14-12-11-13-15-26/h11-15,27,30-31H,1-10H3. The molecule has 37 heavy (non-hydrogen) atoms. The highest BCUT2D eigenvalue weighted by Gasteiger charge is 2.75. The summed E-state index contributed by atoms with van der Waals surface area (Å²) in [6, 6.07) is 9.78. The first-order valence-corrected chi connectivity index (χ1v) is 13.7. The van der Waals surface area contributed by atoms with Gasteiger partial charge in [0.15, 0.2) is 11.6 Å². The molecule has 0 amide bonds. The van der Waals surface area contributed by atoms with Crippen LogP contribution in [0, 0.1) is 22.7 Å². The van der Waals surface area contributed by atoms with E-state index in [9.17, 15) is 9.59 Å². The van der Waals surface area contributed by atoms with Crippen molar-refractivity contribution in [3.63, 3.8) is 0 Å². The molecule has 2 spiro atoms. The van der Waals surface area contributed by atoms with E-state index in [4.69, 9.17) is 0 Å². The number of carbonyl (C=O) groups excluding carboxylic acids is 2. The molecular weight excluding hydrogens is 452 g/mol. The van der Waals surface area contributed by atoms with Crippen molar-refractivity contribution in [2.45, 2.75) is 75.2 Å². The van der Waals surface area contributed by atoms with E-state index in [-0.39, 0.29) is 23.4 Å². The average Bonchev–Trinajstić information content (AvgIpc) is 3.17. The van der Waals surface area contributed by atoms with Gasteiger partial charge in [-0.25, -0.2) is 0 Å². The molecule has 190 valence electrons. The van der Waals surface area contributed by atoms with E-state index in [0.717, 1.165) is 5.56 Å². The predicted octanol–water partition coefficient (Wildman–Crippen LogP) is 8.16. The molecule has 1 aromatic carbocycles. The minimum Gasteiger partial charge on any atom is -0.298 e. The van der Waals surface area contributed by atoms with Gasteiger partial charge < -0.3 is 0 Å². The van der Waals surface area contributed by atoms with Crippen molar-refractivity contribution in [1.29, 1.82) is 0 Å². The highest BCUT2D eigenvalue weighted by Crippen LogP contribution is 2.78. The van der Waals surface area contributed by atoms with Crippen LogP contribution >= 0.6 is 0 Å². The number of allylic oxidation sites excluding steroid dienone is 12. The molecule has 1 saturated carbocycles. The second-order valence-electron chi connectivity index (χ2n) is 12.2. The molecule has 0 heterocycles. The molecule has 6 aliphatic carbocycles. The Morgan fingerprint density at radius 1 is 0.486 bits per heavy atom. The van der Waals surface area contributed by atoms with E-state index in [0.29, 0.717) is 0 Å². The lowest BCUT2D eigenvalue weighted by molar-refractivity contribution is -0.126. The van der Waals surface area contributed by atoms with Crippen LogP contribution in [-0.2, 0) is 9.59 Å². The first kappa shape index (κ1) is 24.3. The van der Waals surface area contributed by atoms with Crippen LogP contribution in [-0.4, -0.2) is 11.6 Å². The van der Waals surface area contributed by atoms with Gasteiger partial charge in [0.1, 0.15) is 5.92 Å². The van der Waals surface area contributed by atoms with Crippen molar-refractivity contribution in [1.82, 2.24) is 0 Å². The summed E-state index contributed by atoms with van der Waals surface area (Å²) in [5.41, 5.74) is 15.1. The van der Waals surface area contributed by atoms with E-state index in [2.05, 4.69) is 69.2 Å². The molecule has 4 unspecified atom stereocenters. The lowest BCUT2D eigenvalue weighted by Gasteiger charge is -2.65. The molecule has 1 aromatic rings. The molecule has 0 radical (unpaired) electrons. The zero-order valence-electron chi connectivity index (χ0n) is 23.9. The van der Waals surface area contributed by atoms with Gasteiger partial charge in [0.25, 0.3) is 0 Å². The Balaban J connectivity index is 1.84. The van der Waals surface area contributed by atoms with E-state index < -0.39 is 16.7 Å². The summed E-state index contributed by atoms with van der Waals surface area (Å²) in [6.07, 6.45) is 0. The minimum absolute atomic E-state index is 0.109. The van der Waals surface area contributed by atoms with Crippen LogP contribution in [0.1, 0.15) is 80.7 Å². The highest BCUT2D eigenvalue weighted by atomic mass is 16.2. The van der Waals surface area contributed by atoms with Crippen LogP contribution in [0.15, 0.2) is 97.2 Å². The molecule has 2 heteroatoms. The maximum Gasteiger partial charge on any atom is 0.153 e. The number of Topliss-reactive ketones (excluding diaryl/α,β-unsaturated/α-hetero) is 2. The Morgan fingerprint density at radius 2 is 0.865 bits per heavy atom. The number of benzene rings is 1. The Morgan fingerprint density at radius 3 is 1.24 bits per heavy atom. The summed E-state index contributed by atoms with van der Waals surface area (Å²) in [7, 11) is 0. The molecule has 7 rings (SSSR count). The summed E-state index contributed by atoms with van der Waals surface area (Å²) < 4.78 is 0. The van der Waals surface area contributed by atoms with Crippen molar-refractivity contribution < 1.29 is 9.59 Å². The third-order valence-electron chi connectivity index (χ3n) is 11.7.